The maximum Gasteiger partial charge on any atom is 0.431 e. The van der Waals surface area contributed by atoms with E-state index < -0.39 is 40.5 Å². The molecule has 0 atom stereocenters. The number of hydroxylamine groups is 2. The number of benzene rings is 1. The molecule has 140 valence electrons. The van der Waals surface area contributed by atoms with Crippen molar-refractivity contribution in [2.75, 3.05) is 14.2 Å². The van der Waals surface area contributed by atoms with Crippen molar-refractivity contribution >= 4 is 17.5 Å². The van der Waals surface area contributed by atoms with E-state index in [1.807, 2.05) is 0 Å². The molecular weight excluding hydrogens is 386 g/mol. The van der Waals surface area contributed by atoms with Crippen molar-refractivity contribution in [3.8, 4) is 5.69 Å². The summed E-state index contributed by atoms with van der Waals surface area (Å²) in [6, 6.07) is 1.51. The van der Waals surface area contributed by atoms with E-state index in [0.717, 1.165) is 11.1 Å². The van der Waals surface area contributed by atoms with Gasteiger partial charge in [-0.05, 0) is 12.1 Å². The number of rotatable bonds is 3. The van der Waals surface area contributed by atoms with Crippen LogP contribution >= 0.6 is 11.6 Å². The van der Waals surface area contributed by atoms with E-state index in [1.165, 1.54) is 19.1 Å². The minimum absolute atomic E-state index is 0.0955. The fourth-order valence-corrected chi connectivity index (χ4v) is 2.23. The molecule has 0 radical (unpaired) electrons. The average Bonchev–Trinajstić information content (AvgIpc) is 2.53. The van der Waals surface area contributed by atoms with Crippen LogP contribution in [-0.4, -0.2) is 34.7 Å². The summed E-state index contributed by atoms with van der Waals surface area (Å²) in [5.41, 5.74) is -5.65. The van der Waals surface area contributed by atoms with Crippen molar-refractivity contribution in [1.29, 1.82) is 0 Å². The largest absolute Gasteiger partial charge is 0.431 e. The van der Waals surface area contributed by atoms with Crippen molar-refractivity contribution in [3.05, 3.63) is 61.1 Å². The summed E-state index contributed by atoms with van der Waals surface area (Å²) in [7, 11) is 2.39. The van der Waals surface area contributed by atoms with Crippen LogP contribution in [0.1, 0.15) is 16.1 Å². The van der Waals surface area contributed by atoms with E-state index in [0.29, 0.717) is 6.07 Å². The molecule has 0 aliphatic rings. The van der Waals surface area contributed by atoms with E-state index >= 15 is 0 Å². The molecule has 0 fully saturated rings. The second kappa shape index (κ2) is 6.92. The summed E-state index contributed by atoms with van der Waals surface area (Å²) in [6.45, 7) is 0. The molecule has 0 saturated carbocycles. The number of aromatic nitrogens is 2. The summed E-state index contributed by atoms with van der Waals surface area (Å²) in [6.07, 6.45) is -4.97. The van der Waals surface area contributed by atoms with Crippen molar-refractivity contribution in [1.82, 2.24) is 14.6 Å². The van der Waals surface area contributed by atoms with Crippen LogP contribution in [0.3, 0.4) is 0 Å². The Morgan fingerprint density at radius 2 is 1.88 bits per heavy atom. The maximum atomic E-state index is 14.2. The summed E-state index contributed by atoms with van der Waals surface area (Å²) < 4.78 is 52.2. The molecule has 2 rings (SSSR count). The Morgan fingerprint density at radius 3 is 2.38 bits per heavy atom. The highest BCUT2D eigenvalue weighted by atomic mass is 35.5. The molecule has 1 amide bonds. The van der Waals surface area contributed by atoms with Gasteiger partial charge in [0.15, 0.2) is 0 Å². The first-order valence-corrected chi connectivity index (χ1v) is 7.10. The number of H-pyrrole nitrogens is 1. The van der Waals surface area contributed by atoms with Crippen LogP contribution in [0.4, 0.5) is 17.6 Å². The van der Waals surface area contributed by atoms with Gasteiger partial charge in [-0.2, -0.15) is 13.2 Å². The molecule has 1 aromatic carbocycles. The van der Waals surface area contributed by atoms with Crippen molar-refractivity contribution < 1.29 is 27.2 Å². The monoisotopic (exact) mass is 395 g/mol. The van der Waals surface area contributed by atoms with Gasteiger partial charge in [0.1, 0.15) is 11.5 Å². The first-order chi connectivity index (χ1) is 12.0. The zero-order valence-corrected chi connectivity index (χ0v) is 13.9. The Bertz CT molecular complexity index is 952. The topological polar surface area (TPSA) is 84.4 Å². The molecular formula is C14H10ClF4N3O4. The lowest BCUT2D eigenvalue weighted by atomic mass is 10.1. The Hall–Kier alpha value is -2.66. The maximum absolute atomic E-state index is 14.2. The molecule has 1 heterocycles. The fourth-order valence-electron chi connectivity index (χ4n) is 2.00. The van der Waals surface area contributed by atoms with E-state index in [-0.39, 0.29) is 21.2 Å². The zero-order chi connectivity index (χ0) is 19.8. The Labute approximate surface area is 147 Å². The third-order valence-electron chi connectivity index (χ3n) is 3.31. The number of nitrogens with zero attached hydrogens (tertiary/aromatic N) is 2. The van der Waals surface area contributed by atoms with Gasteiger partial charge >= 0.3 is 11.9 Å². The molecule has 26 heavy (non-hydrogen) atoms. The summed E-state index contributed by atoms with van der Waals surface area (Å²) in [5.74, 6) is -2.03. The van der Waals surface area contributed by atoms with Gasteiger partial charge in [0.2, 0.25) is 0 Å². The van der Waals surface area contributed by atoms with Gasteiger partial charge in [0.25, 0.3) is 11.5 Å². The van der Waals surface area contributed by atoms with Gasteiger partial charge in [0.05, 0.1) is 23.4 Å². The quantitative estimate of drug-likeness (QED) is 0.636. The third kappa shape index (κ3) is 3.63. The molecule has 7 nitrogen and oxygen atoms in total. The Morgan fingerprint density at radius 1 is 1.27 bits per heavy atom. The van der Waals surface area contributed by atoms with Gasteiger partial charge in [-0.3, -0.25) is 14.4 Å². The first-order valence-electron chi connectivity index (χ1n) is 6.72. The molecule has 0 saturated heterocycles. The lowest BCUT2D eigenvalue weighted by Crippen LogP contribution is -2.36. The highest BCUT2D eigenvalue weighted by Gasteiger charge is 2.33. The Kier molecular flexibility index (Phi) is 5.23. The zero-order valence-electron chi connectivity index (χ0n) is 13.1. The minimum atomic E-state index is -4.97. The number of halogens is 5. The molecule has 0 spiro atoms. The minimum Gasteiger partial charge on any atom is -0.303 e. The third-order valence-corrected chi connectivity index (χ3v) is 3.62. The summed E-state index contributed by atoms with van der Waals surface area (Å²) in [4.78, 5) is 42.1. The highest BCUT2D eigenvalue weighted by molar-refractivity contribution is 6.33. The molecule has 1 N–H and O–H groups in total. The summed E-state index contributed by atoms with van der Waals surface area (Å²) in [5, 5.41) is 0.388. The molecule has 0 bridgehead atoms. The average molecular weight is 396 g/mol. The standard InChI is InChI=1S/C14H10ClF4N3O4/c1-21(26-2)12(24)6-3-9(8(16)4-7(6)15)22-11(23)5-10(14(17,18)19)20-13(22)25/h3-5H,1-2H3,(H,20,25). The van der Waals surface area contributed by atoms with E-state index in [4.69, 9.17) is 11.6 Å². The SMILES string of the molecule is CON(C)C(=O)c1cc(-n2c(=O)cc(C(F)(F)F)[nH]c2=O)c(F)cc1Cl. The number of alkyl halides is 3. The molecule has 2 aromatic rings. The van der Waals surface area contributed by atoms with Crippen LogP contribution in [0.15, 0.2) is 27.8 Å². The molecule has 0 aliphatic carbocycles. The van der Waals surface area contributed by atoms with Crippen LogP contribution in [0.5, 0.6) is 0 Å². The second-order valence-corrected chi connectivity index (χ2v) is 5.34. The van der Waals surface area contributed by atoms with Gasteiger partial charge in [0, 0.05) is 13.1 Å². The first kappa shape index (κ1) is 19.7. The number of hydrogen-bond donors (Lipinski definition) is 1. The van der Waals surface area contributed by atoms with Crippen molar-refractivity contribution in [2.24, 2.45) is 0 Å². The number of amides is 1. The van der Waals surface area contributed by atoms with Crippen LogP contribution in [0, 0.1) is 5.82 Å². The normalized spacial score (nSPS) is 11.5. The predicted molar refractivity (Wildman–Crippen MR) is 81.7 cm³/mol. The number of nitrogens with one attached hydrogen (secondary N) is 1. The summed E-state index contributed by atoms with van der Waals surface area (Å²) >= 11 is 5.78. The highest BCUT2D eigenvalue weighted by Crippen LogP contribution is 2.26. The Balaban J connectivity index is 2.72. The van der Waals surface area contributed by atoms with Crippen molar-refractivity contribution in [2.45, 2.75) is 6.18 Å². The van der Waals surface area contributed by atoms with Crippen LogP contribution in [0.25, 0.3) is 5.69 Å². The van der Waals surface area contributed by atoms with Crippen LogP contribution in [-0.2, 0) is 11.0 Å². The van der Waals surface area contributed by atoms with E-state index in [1.54, 1.807) is 0 Å². The molecule has 1 aromatic heterocycles. The van der Waals surface area contributed by atoms with Gasteiger partial charge in [-0.1, -0.05) is 11.6 Å². The molecule has 0 aliphatic heterocycles. The predicted octanol–water partition coefficient (Wildman–Crippen LogP) is 1.97. The molecule has 0 unspecified atom stereocenters. The smallest absolute Gasteiger partial charge is 0.303 e. The van der Waals surface area contributed by atoms with Crippen LogP contribution in [0.2, 0.25) is 5.02 Å². The van der Waals surface area contributed by atoms with Gasteiger partial charge in [-0.15, -0.1) is 0 Å². The lowest BCUT2D eigenvalue weighted by molar-refractivity contribution is -0.141. The number of carbonyl (C=O) groups excluding carboxylic acids is 1. The molecule has 12 heteroatoms. The van der Waals surface area contributed by atoms with E-state index in [9.17, 15) is 31.9 Å². The van der Waals surface area contributed by atoms with E-state index in [2.05, 4.69) is 4.84 Å². The van der Waals surface area contributed by atoms with Gasteiger partial charge < -0.3 is 4.98 Å². The van der Waals surface area contributed by atoms with Gasteiger partial charge in [-0.25, -0.2) is 18.8 Å². The lowest BCUT2D eigenvalue weighted by Gasteiger charge is -2.16. The van der Waals surface area contributed by atoms with Crippen LogP contribution < -0.4 is 11.2 Å². The number of carbonyl (C=O) groups is 1. The number of aromatic amines is 1. The fraction of sp³-hybridized carbons (Fsp3) is 0.214. The number of hydrogen-bond acceptors (Lipinski definition) is 4. The van der Waals surface area contributed by atoms with Crippen molar-refractivity contribution in [3.63, 3.8) is 0 Å². The second-order valence-electron chi connectivity index (χ2n) is 4.93.